The van der Waals surface area contributed by atoms with Gasteiger partial charge in [0.2, 0.25) is 0 Å². The fourth-order valence-electron chi connectivity index (χ4n) is 2.53. The van der Waals surface area contributed by atoms with Crippen molar-refractivity contribution in [3.8, 4) is 0 Å². The lowest BCUT2D eigenvalue weighted by Gasteiger charge is -2.24. The number of nitrogens with zero attached hydrogens (tertiary/aromatic N) is 2. The maximum Gasteiger partial charge on any atom is 0.130 e. The largest absolute Gasteiger partial charge is 0.370 e. The van der Waals surface area contributed by atoms with Gasteiger partial charge >= 0.3 is 0 Å². The van der Waals surface area contributed by atoms with Crippen LogP contribution in [0, 0.1) is 5.41 Å². The lowest BCUT2D eigenvalue weighted by molar-refractivity contribution is 0.325. The molecule has 0 bridgehead atoms. The van der Waals surface area contributed by atoms with Gasteiger partial charge in [0.15, 0.2) is 0 Å². The van der Waals surface area contributed by atoms with E-state index < -0.39 is 0 Å². The Balaban J connectivity index is 2.08. The van der Waals surface area contributed by atoms with Crippen LogP contribution in [0.4, 0.5) is 11.6 Å². The maximum absolute atomic E-state index is 4.69. The quantitative estimate of drug-likeness (QED) is 0.885. The van der Waals surface area contributed by atoms with Crippen molar-refractivity contribution in [3.05, 3.63) is 18.2 Å². The molecule has 3 heteroatoms. The third kappa shape index (κ3) is 3.37. The van der Waals surface area contributed by atoms with Gasteiger partial charge in [-0.1, -0.05) is 19.9 Å². The second-order valence-electron chi connectivity index (χ2n) is 5.92. The van der Waals surface area contributed by atoms with Crippen LogP contribution in [0.15, 0.2) is 18.2 Å². The summed E-state index contributed by atoms with van der Waals surface area (Å²) in [5.74, 6) is 2.10. The van der Waals surface area contributed by atoms with E-state index >= 15 is 0 Å². The summed E-state index contributed by atoms with van der Waals surface area (Å²) in [6.07, 6.45) is 3.83. The third-order valence-electron chi connectivity index (χ3n) is 3.76. The van der Waals surface area contributed by atoms with E-state index in [0.717, 1.165) is 31.3 Å². The minimum Gasteiger partial charge on any atom is -0.370 e. The standard InChI is InChI=1S/C15H25N3/c1-4-16-13-7-5-8-14(17-13)18-11-6-9-15(2,3)10-12-18/h5,7-8H,4,6,9-12H2,1-3H3,(H,16,17). The first-order valence-electron chi connectivity index (χ1n) is 7.07. The molecule has 1 aliphatic rings. The average Bonchev–Trinajstić information content (AvgIpc) is 2.51. The van der Waals surface area contributed by atoms with Crippen molar-refractivity contribution in [1.29, 1.82) is 0 Å². The highest BCUT2D eigenvalue weighted by atomic mass is 15.2. The summed E-state index contributed by atoms with van der Waals surface area (Å²) in [5, 5.41) is 3.28. The topological polar surface area (TPSA) is 28.2 Å². The monoisotopic (exact) mass is 247 g/mol. The van der Waals surface area contributed by atoms with Crippen LogP contribution in [0.3, 0.4) is 0 Å². The van der Waals surface area contributed by atoms with E-state index in [4.69, 9.17) is 4.98 Å². The first-order valence-corrected chi connectivity index (χ1v) is 7.07. The molecule has 1 fully saturated rings. The van der Waals surface area contributed by atoms with E-state index in [1.165, 1.54) is 19.3 Å². The van der Waals surface area contributed by atoms with Crippen LogP contribution >= 0.6 is 0 Å². The number of anilines is 2. The fourth-order valence-corrected chi connectivity index (χ4v) is 2.53. The van der Waals surface area contributed by atoms with Crippen LogP contribution in [0.5, 0.6) is 0 Å². The summed E-state index contributed by atoms with van der Waals surface area (Å²) in [7, 11) is 0. The van der Waals surface area contributed by atoms with Crippen molar-refractivity contribution in [2.45, 2.75) is 40.0 Å². The third-order valence-corrected chi connectivity index (χ3v) is 3.76. The highest BCUT2D eigenvalue weighted by Crippen LogP contribution is 2.31. The van der Waals surface area contributed by atoms with Gasteiger partial charge in [0, 0.05) is 19.6 Å². The molecule has 3 nitrogen and oxygen atoms in total. The van der Waals surface area contributed by atoms with Crippen molar-refractivity contribution >= 4 is 11.6 Å². The first kappa shape index (κ1) is 13.2. The number of aromatic nitrogens is 1. The molecule has 100 valence electrons. The molecular formula is C15H25N3. The molecule has 2 heterocycles. The minimum atomic E-state index is 0.480. The second kappa shape index (κ2) is 5.59. The Morgan fingerprint density at radius 2 is 2.11 bits per heavy atom. The molecule has 1 saturated heterocycles. The Morgan fingerprint density at radius 1 is 1.28 bits per heavy atom. The van der Waals surface area contributed by atoms with Gasteiger partial charge in [-0.2, -0.15) is 0 Å². The Labute approximate surface area is 111 Å². The molecule has 0 radical (unpaired) electrons. The zero-order chi connectivity index (χ0) is 13.0. The van der Waals surface area contributed by atoms with Gasteiger partial charge in [0.05, 0.1) is 0 Å². The van der Waals surface area contributed by atoms with Gasteiger partial charge < -0.3 is 10.2 Å². The molecule has 18 heavy (non-hydrogen) atoms. The SMILES string of the molecule is CCNc1cccc(N2CCCC(C)(C)CC2)n1. The summed E-state index contributed by atoms with van der Waals surface area (Å²) in [5.41, 5.74) is 0.480. The van der Waals surface area contributed by atoms with Gasteiger partial charge in [-0.25, -0.2) is 4.98 Å². The number of rotatable bonds is 3. The van der Waals surface area contributed by atoms with E-state index in [2.05, 4.69) is 43.1 Å². The summed E-state index contributed by atoms with van der Waals surface area (Å²) in [6.45, 7) is 10.0. The van der Waals surface area contributed by atoms with Crippen molar-refractivity contribution in [2.24, 2.45) is 5.41 Å². The number of pyridine rings is 1. The summed E-state index contributed by atoms with van der Waals surface area (Å²) >= 11 is 0. The fraction of sp³-hybridized carbons (Fsp3) is 0.667. The van der Waals surface area contributed by atoms with Gasteiger partial charge in [0.25, 0.3) is 0 Å². The summed E-state index contributed by atoms with van der Waals surface area (Å²) < 4.78 is 0. The predicted molar refractivity (Wildman–Crippen MR) is 78.2 cm³/mol. The number of nitrogens with one attached hydrogen (secondary N) is 1. The molecule has 0 aromatic carbocycles. The zero-order valence-corrected chi connectivity index (χ0v) is 11.9. The van der Waals surface area contributed by atoms with Gasteiger partial charge in [-0.3, -0.25) is 0 Å². The Kier molecular flexibility index (Phi) is 4.10. The second-order valence-corrected chi connectivity index (χ2v) is 5.92. The van der Waals surface area contributed by atoms with Crippen LogP contribution in [-0.4, -0.2) is 24.6 Å². The van der Waals surface area contributed by atoms with Gasteiger partial charge in [0.1, 0.15) is 11.6 Å². The van der Waals surface area contributed by atoms with Crippen LogP contribution in [0.1, 0.15) is 40.0 Å². The van der Waals surface area contributed by atoms with Crippen LogP contribution in [0.2, 0.25) is 0 Å². The zero-order valence-electron chi connectivity index (χ0n) is 11.9. The van der Waals surface area contributed by atoms with Gasteiger partial charge in [-0.15, -0.1) is 0 Å². The average molecular weight is 247 g/mol. The van der Waals surface area contributed by atoms with E-state index in [0.29, 0.717) is 5.41 Å². The molecule has 0 spiro atoms. The molecular weight excluding hydrogens is 222 g/mol. The molecule has 2 rings (SSSR count). The summed E-state index contributed by atoms with van der Waals surface area (Å²) in [6, 6.07) is 6.25. The molecule has 1 aliphatic heterocycles. The maximum atomic E-state index is 4.69. The number of hydrogen-bond acceptors (Lipinski definition) is 3. The van der Waals surface area contributed by atoms with Crippen molar-refractivity contribution in [2.75, 3.05) is 29.9 Å². The Hall–Kier alpha value is -1.25. The van der Waals surface area contributed by atoms with Crippen molar-refractivity contribution in [3.63, 3.8) is 0 Å². The highest BCUT2D eigenvalue weighted by Gasteiger charge is 2.23. The highest BCUT2D eigenvalue weighted by molar-refractivity contribution is 5.47. The molecule has 0 unspecified atom stereocenters. The molecule has 0 amide bonds. The first-order chi connectivity index (χ1) is 8.61. The van der Waals surface area contributed by atoms with Crippen LogP contribution < -0.4 is 10.2 Å². The lowest BCUT2D eigenvalue weighted by Crippen LogP contribution is -2.26. The van der Waals surface area contributed by atoms with E-state index in [9.17, 15) is 0 Å². The lowest BCUT2D eigenvalue weighted by atomic mass is 9.85. The predicted octanol–water partition coefficient (Wildman–Crippen LogP) is 3.53. The minimum absolute atomic E-state index is 0.480. The summed E-state index contributed by atoms with van der Waals surface area (Å²) in [4.78, 5) is 7.12. The molecule has 0 atom stereocenters. The molecule has 1 aromatic rings. The molecule has 1 N–H and O–H groups in total. The number of hydrogen-bond donors (Lipinski definition) is 1. The van der Waals surface area contributed by atoms with Crippen LogP contribution in [0.25, 0.3) is 0 Å². The Morgan fingerprint density at radius 3 is 2.89 bits per heavy atom. The smallest absolute Gasteiger partial charge is 0.130 e. The van der Waals surface area contributed by atoms with E-state index in [1.54, 1.807) is 0 Å². The molecule has 1 aromatic heterocycles. The van der Waals surface area contributed by atoms with Crippen LogP contribution in [-0.2, 0) is 0 Å². The molecule has 0 aliphatic carbocycles. The van der Waals surface area contributed by atoms with Gasteiger partial charge in [-0.05, 0) is 43.7 Å². The normalized spacial score (nSPS) is 19.4. The molecule has 0 saturated carbocycles. The van der Waals surface area contributed by atoms with E-state index in [1.807, 2.05) is 6.07 Å². The van der Waals surface area contributed by atoms with Crippen molar-refractivity contribution < 1.29 is 0 Å². The Bertz CT molecular complexity index is 387. The van der Waals surface area contributed by atoms with E-state index in [-0.39, 0.29) is 0 Å². The van der Waals surface area contributed by atoms with Crippen molar-refractivity contribution in [1.82, 2.24) is 4.98 Å².